The number of amides is 1. The minimum Gasteiger partial charge on any atom is -0.497 e. The molecule has 0 atom stereocenters. The zero-order chi connectivity index (χ0) is 13.0. The molecule has 0 bridgehead atoms. The van der Waals surface area contributed by atoms with Crippen molar-refractivity contribution in [3.05, 3.63) is 29.8 Å². The first kappa shape index (κ1) is 12.9. The molecule has 1 saturated carbocycles. The Hall–Kier alpha value is -1.51. The fourth-order valence-electron chi connectivity index (χ4n) is 2.42. The summed E-state index contributed by atoms with van der Waals surface area (Å²) in [7, 11) is 1.62. The molecule has 1 amide bonds. The molecule has 1 fully saturated rings. The molecule has 98 valence electrons. The van der Waals surface area contributed by atoms with E-state index in [4.69, 9.17) is 4.74 Å². The van der Waals surface area contributed by atoms with E-state index in [9.17, 15) is 4.79 Å². The highest BCUT2D eigenvalue weighted by Crippen LogP contribution is 2.23. The van der Waals surface area contributed by atoms with Gasteiger partial charge in [-0.3, -0.25) is 4.79 Å². The van der Waals surface area contributed by atoms with Crippen LogP contribution in [0, 0.1) is 5.92 Å². The first-order valence-electron chi connectivity index (χ1n) is 6.64. The van der Waals surface area contributed by atoms with Gasteiger partial charge < -0.3 is 10.1 Å². The smallest absolute Gasteiger partial charge is 0.251 e. The molecule has 1 aliphatic rings. The molecule has 18 heavy (non-hydrogen) atoms. The topological polar surface area (TPSA) is 38.3 Å². The summed E-state index contributed by atoms with van der Waals surface area (Å²) < 4.78 is 5.08. The Morgan fingerprint density at radius 3 is 2.33 bits per heavy atom. The summed E-state index contributed by atoms with van der Waals surface area (Å²) in [5.74, 6) is 1.61. The summed E-state index contributed by atoms with van der Waals surface area (Å²) in [6.07, 6.45) is 4.63. The molecule has 0 heterocycles. The lowest BCUT2D eigenvalue weighted by Crippen LogP contribution is -2.37. The summed E-state index contributed by atoms with van der Waals surface area (Å²) >= 11 is 0. The van der Waals surface area contributed by atoms with E-state index in [0.717, 1.165) is 24.5 Å². The zero-order valence-corrected chi connectivity index (χ0v) is 11.1. The Morgan fingerprint density at radius 2 is 1.78 bits per heavy atom. The van der Waals surface area contributed by atoms with E-state index in [0.29, 0.717) is 11.6 Å². The van der Waals surface area contributed by atoms with Crippen molar-refractivity contribution in [2.45, 2.75) is 38.6 Å². The van der Waals surface area contributed by atoms with Crippen LogP contribution in [0.2, 0.25) is 0 Å². The van der Waals surface area contributed by atoms with E-state index >= 15 is 0 Å². The highest BCUT2D eigenvalue weighted by molar-refractivity contribution is 5.94. The lowest BCUT2D eigenvalue weighted by atomic mass is 9.87. The minimum absolute atomic E-state index is 0.0252. The van der Waals surface area contributed by atoms with E-state index in [1.54, 1.807) is 19.2 Å². The van der Waals surface area contributed by atoms with Gasteiger partial charge in [-0.15, -0.1) is 0 Å². The fourth-order valence-corrected chi connectivity index (χ4v) is 2.42. The van der Waals surface area contributed by atoms with Gasteiger partial charge in [0.1, 0.15) is 5.75 Å². The Kier molecular flexibility index (Phi) is 4.24. The van der Waals surface area contributed by atoms with E-state index in [-0.39, 0.29) is 5.91 Å². The molecule has 1 N–H and O–H groups in total. The van der Waals surface area contributed by atoms with Crippen LogP contribution in [0.15, 0.2) is 24.3 Å². The SMILES string of the molecule is COc1ccc(C(=O)NC2CCC(C)CC2)cc1. The molecule has 2 rings (SSSR count). The molecule has 0 radical (unpaired) electrons. The van der Waals surface area contributed by atoms with Gasteiger partial charge in [-0.25, -0.2) is 0 Å². The first-order chi connectivity index (χ1) is 8.69. The Labute approximate surface area is 109 Å². The van der Waals surface area contributed by atoms with Gasteiger partial charge in [-0.1, -0.05) is 6.92 Å². The normalized spacial score (nSPS) is 23.4. The number of ether oxygens (including phenoxy) is 1. The summed E-state index contributed by atoms with van der Waals surface area (Å²) in [5.41, 5.74) is 0.703. The van der Waals surface area contributed by atoms with Gasteiger partial charge in [0.2, 0.25) is 0 Å². The Bertz CT molecular complexity index is 391. The number of methoxy groups -OCH3 is 1. The van der Waals surface area contributed by atoms with Crippen molar-refractivity contribution in [3.63, 3.8) is 0 Å². The van der Waals surface area contributed by atoms with Crippen molar-refractivity contribution >= 4 is 5.91 Å². The van der Waals surface area contributed by atoms with Crippen LogP contribution in [0.5, 0.6) is 5.75 Å². The average molecular weight is 247 g/mol. The summed E-state index contributed by atoms with van der Waals surface area (Å²) in [6, 6.07) is 7.59. The lowest BCUT2D eigenvalue weighted by molar-refractivity contribution is 0.0923. The molecule has 0 spiro atoms. The van der Waals surface area contributed by atoms with Gasteiger partial charge in [0.15, 0.2) is 0 Å². The summed E-state index contributed by atoms with van der Waals surface area (Å²) in [6.45, 7) is 2.28. The number of hydrogen-bond donors (Lipinski definition) is 1. The van der Waals surface area contributed by atoms with E-state index in [1.807, 2.05) is 12.1 Å². The monoisotopic (exact) mass is 247 g/mol. The zero-order valence-electron chi connectivity index (χ0n) is 11.1. The second kappa shape index (κ2) is 5.89. The third-order valence-electron chi connectivity index (χ3n) is 3.70. The number of rotatable bonds is 3. The molecular formula is C15H21NO2. The number of benzene rings is 1. The van der Waals surface area contributed by atoms with Crippen molar-refractivity contribution in [1.82, 2.24) is 5.32 Å². The van der Waals surface area contributed by atoms with Gasteiger partial charge in [0, 0.05) is 11.6 Å². The Balaban J connectivity index is 1.90. The lowest BCUT2D eigenvalue weighted by Gasteiger charge is -2.26. The summed E-state index contributed by atoms with van der Waals surface area (Å²) in [4.78, 5) is 12.0. The molecule has 0 unspecified atom stereocenters. The molecule has 1 aliphatic carbocycles. The largest absolute Gasteiger partial charge is 0.497 e. The maximum atomic E-state index is 12.0. The standard InChI is InChI=1S/C15H21NO2/c1-11-3-7-13(8-4-11)16-15(17)12-5-9-14(18-2)10-6-12/h5-6,9-11,13H,3-4,7-8H2,1-2H3,(H,16,17). The van der Waals surface area contributed by atoms with Crippen molar-refractivity contribution in [1.29, 1.82) is 0 Å². The number of carbonyl (C=O) groups excluding carboxylic acids is 1. The third kappa shape index (κ3) is 3.25. The van der Waals surface area contributed by atoms with Crippen molar-refractivity contribution in [2.24, 2.45) is 5.92 Å². The van der Waals surface area contributed by atoms with Gasteiger partial charge in [-0.05, 0) is 55.9 Å². The van der Waals surface area contributed by atoms with Crippen LogP contribution in [-0.4, -0.2) is 19.1 Å². The predicted octanol–water partition coefficient (Wildman–Crippen LogP) is 3.00. The molecule has 3 nitrogen and oxygen atoms in total. The first-order valence-corrected chi connectivity index (χ1v) is 6.64. The van der Waals surface area contributed by atoms with Gasteiger partial charge in [0.05, 0.1) is 7.11 Å². The molecular weight excluding hydrogens is 226 g/mol. The number of nitrogens with one attached hydrogen (secondary N) is 1. The van der Waals surface area contributed by atoms with Crippen LogP contribution in [0.3, 0.4) is 0 Å². The molecule has 1 aromatic rings. The van der Waals surface area contributed by atoms with Gasteiger partial charge in [0.25, 0.3) is 5.91 Å². The van der Waals surface area contributed by atoms with Crippen molar-refractivity contribution in [3.8, 4) is 5.75 Å². The number of hydrogen-bond acceptors (Lipinski definition) is 2. The quantitative estimate of drug-likeness (QED) is 0.891. The van der Waals surface area contributed by atoms with Crippen LogP contribution in [0.4, 0.5) is 0 Å². The van der Waals surface area contributed by atoms with Crippen LogP contribution < -0.4 is 10.1 Å². The molecule has 0 aliphatic heterocycles. The predicted molar refractivity (Wildman–Crippen MR) is 71.9 cm³/mol. The Morgan fingerprint density at radius 1 is 1.17 bits per heavy atom. The minimum atomic E-state index is 0.0252. The van der Waals surface area contributed by atoms with Crippen LogP contribution in [0.1, 0.15) is 43.0 Å². The fraction of sp³-hybridized carbons (Fsp3) is 0.533. The second-order valence-electron chi connectivity index (χ2n) is 5.16. The maximum Gasteiger partial charge on any atom is 0.251 e. The molecule has 0 aromatic heterocycles. The second-order valence-corrected chi connectivity index (χ2v) is 5.16. The van der Waals surface area contributed by atoms with E-state index in [2.05, 4.69) is 12.2 Å². The van der Waals surface area contributed by atoms with Crippen molar-refractivity contribution in [2.75, 3.05) is 7.11 Å². The molecule has 1 aromatic carbocycles. The van der Waals surface area contributed by atoms with Crippen LogP contribution in [0.25, 0.3) is 0 Å². The van der Waals surface area contributed by atoms with E-state index < -0.39 is 0 Å². The number of carbonyl (C=O) groups is 1. The average Bonchev–Trinajstić information content (AvgIpc) is 2.41. The molecule has 0 saturated heterocycles. The highest BCUT2D eigenvalue weighted by Gasteiger charge is 2.20. The van der Waals surface area contributed by atoms with Crippen LogP contribution in [-0.2, 0) is 0 Å². The third-order valence-corrected chi connectivity index (χ3v) is 3.70. The van der Waals surface area contributed by atoms with Gasteiger partial charge >= 0.3 is 0 Å². The molecule has 3 heteroatoms. The van der Waals surface area contributed by atoms with Crippen LogP contribution >= 0.6 is 0 Å². The van der Waals surface area contributed by atoms with E-state index in [1.165, 1.54) is 12.8 Å². The highest BCUT2D eigenvalue weighted by atomic mass is 16.5. The van der Waals surface area contributed by atoms with Gasteiger partial charge in [-0.2, -0.15) is 0 Å². The maximum absolute atomic E-state index is 12.0. The summed E-state index contributed by atoms with van der Waals surface area (Å²) in [5, 5.41) is 3.11. The van der Waals surface area contributed by atoms with Crippen molar-refractivity contribution < 1.29 is 9.53 Å².